The summed E-state index contributed by atoms with van der Waals surface area (Å²) in [6.07, 6.45) is 0.884. The van der Waals surface area contributed by atoms with Gasteiger partial charge in [-0.1, -0.05) is 18.2 Å². The average Bonchev–Trinajstić information content (AvgIpc) is 2.74. The Morgan fingerprint density at radius 1 is 1.30 bits per heavy atom. The van der Waals surface area contributed by atoms with E-state index in [9.17, 15) is 9.59 Å². The van der Waals surface area contributed by atoms with Crippen molar-refractivity contribution >= 4 is 11.8 Å². The van der Waals surface area contributed by atoms with Crippen molar-refractivity contribution in [2.45, 2.75) is 31.6 Å². The maximum atomic E-state index is 12.3. The molecule has 0 saturated carbocycles. The van der Waals surface area contributed by atoms with E-state index in [1.165, 1.54) is 0 Å². The van der Waals surface area contributed by atoms with Crippen molar-refractivity contribution < 1.29 is 14.3 Å². The number of nitrogens with one attached hydrogen (secondary N) is 1. The Kier molecular flexibility index (Phi) is 3.22. The predicted molar refractivity (Wildman–Crippen MR) is 73.0 cm³/mol. The van der Waals surface area contributed by atoms with Gasteiger partial charge in [-0.3, -0.25) is 9.59 Å². The molecule has 2 amide bonds. The highest BCUT2D eigenvalue weighted by molar-refractivity contribution is 5.94. The van der Waals surface area contributed by atoms with Gasteiger partial charge in [0.05, 0.1) is 0 Å². The quantitative estimate of drug-likeness (QED) is 0.836. The molecular weight excluding hydrogens is 256 g/mol. The topological polar surface area (TPSA) is 58.6 Å². The number of likely N-dealkylation sites (tertiary alicyclic amines) is 1. The monoisotopic (exact) mass is 274 g/mol. The fourth-order valence-electron chi connectivity index (χ4n) is 2.82. The van der Waals surface area contributed by atoms with E-state index in [4.69, 9.17) is 4.74 Å². The number of carbonyl (C=O) groups excluding carboxylic acids is 2. The number of hydrogen-bond donors (Lipinski definition) is 1. The van der Waals surface area contributed by atoms with Gasteiger partial charge >= 0.3 is 0 Å². The Bertz CT molecular complexity index is 521. The number of nitrogens with zero attached hydrogens (tertiary/aromatic N) is 1. The Balaban J connectivity index is 1.65. The largest absolute Gasteiger partial charge is 0.343 e. The number of amides is 2. The Morgan fingerprint density at radius 2 is 1.95 bits per heavy atom. The Morgan fingerprint density at radius 3 is 2.50 bits per heavy atom. The molecule has 0 aromatic heterocycles. The van der Waals surface area contributed by atoms with Gasteiger partial charge < -0.3 is 15.0 Å². The summed E-state index contributed by atoms with van der Waals surface area (Å²) in [5, 5.41) is 2.92. The molecule has 2 saturated heterocycles. The van der Waals surface area contributed by atoms with Gasteiger partial charge in [0.2, 0.25) is 0 Å². The number of ether oxygens (including phenoxy) is 1. The molecule has 20 heavy (non-hydrogen) atoms. The maximum Gasteiger partial charge on any atom is 0.253 e. The molecule has 1 unspecified atom stereocenters. The summed E-state index contributed by atoms with van der Waals surface area (Å²) in [6.45, 7) is 2.95. The smallest absolute Gasteiger partial charge is 0.253 e. The highest BCUT2D eigenvalue weighted by atomic mass is 16.5. The lowest BCUT2D eigenvalue weighted by molar-refractivity contribution is -0.123. The van der Waals surface area contributed by atoms with Crippen molar-refractivity contribution in [3.8, 4) is 0 Å². The fraction of sp³-hybridized carbons (Fsp3) is 0.467. The molecule has 0 aliphatic carbocycles. The van der Waals surface area contributed by atoms with E-state index >= 15 is 0 Å². The average molecular weight is 274 g/mol. The maximum absolute atomic E-state index is 12.3. The van der Waals surface area contributed by atoms with Crippen LogP contribution in [0.3, 0.4) is 0 Å². The van der Waals surface area contributed by atoms with Gasteiger partial charge in [-0.05, 0) is 19.1 Å². The lowest BCUT2D eigenvalue weighted by Gasteiger charge is -2.38. The lowest BCUT2D eigenvalue weighted by atomic mass is 10.00. The second-order valence-corrected chi connectivity index (χ2v) is 5.40. The molecule has 2 aliphatic rings. The summed E-state index contributed by atoms with van der Waals surface area (Å²) < 4.78 is 5.74. The summed E-state index contributed by atoms with van der Waals surface area (Å²) in [4.78, 5) is 25.7. The first-order chi connectivity index (χ1) is 9.60. The normalized spacial score (nSPS) is 24.8. The molecule has 3 rings (SSSR count). The minimum Gasteiger partial charge on any atom is -0.343 e. The molecule has 5 heteroatoms. The lowest BCUT2D eigenvalue weighted by Crippen LogP contribution is -2.53. The first-order valence-electron chi connectivity index (χ1n) is 6.94. The molecule has 2 heterocycles. The summed E-state index contributed by atoms with van der Waals surface area (Å²) in [5.41, 5.74) is 0.137. The van der Waals surface area contributed by atoms with Gasteiger partial charge in [0.1, 0.15) is 11.8 Å². The Hall–Kier alpha value is -1.88. The van der Waals surface area contributed by atoms with E-state index in [2.05, 4.69) is 5.32 Å². The van der Waals surface area contributed by atoms with Crippen LogP contribution in [0, 0.1) is 0 Å². The molecule has 2 fully saturated rings. The highest BCUT2D eigenvalue weighted by Gasteiger charge is 2.45. The molecule has 5 nitrogen and oxygen atoms in total. The molecule has 1 aromatic carbocycles. The minimum absolute atomic E-state index is 0.0396. The zero-order valence-corrected chi connectivity index (χ0v) is 11.5. The molecule has 0 radical (unpaired) electrons. The van der Waals surface area contributed by atoms with Gasteiger partial charge in [0.25, 0.3) is 11.8 Å². The van der Waals surface area contributed by atoms with Crippen LogP contribution in [0.25, 0.3) is 0 Å². The van der Waals surface area contributed by atoms with Crippen LogP contribution >= 0.6 is 0 Å². The van der Waals surface area contributed by atoms with Gasteiger partial charge in [-0.2, -0.15) is 0 Å². The van der Waals surface area contributed by atoms with Crippen LogP contribution < -0.4 is 5.32 Å². The molecule has 106 valence electrons. The van der Waals surface area contributed by atoms with Crippen molar-refractivity contribution in [3.63, 3.8) is 0 Å². The van der Waals surface area contributed by atoms with E-state index in [0.29, 0.717) is 31.5 Å². The number of benzene rings is 1. The van der Waals surface area contributed by atoms with Crippen LogP contribution in [0.15, 0.2) is 30.3 Å². The van der Waals surface area contributed by atoms with E-state index in [1.54, 1.807) is 6.92 Å². The van der Waals surface area contributed by atoms with E-state index in [1.807, 2.05) is 35.2 Å². The van der Waals surface area contributed by atoms with Crippen LogP contribution in [0.5, 0.6) is 0 Å². The van der Waals surface area contributed by atoms with Gasteiger partial charge in [-0.25, -0.2) is 0 Å². The second-order valence-electron chi connectivity index (χ2n) is 5.40. The zero-order chi connectivity index (χ0) is 14.2. The van der Waals surface area contributed by atoms with Crippen molar-refractivity contribution in [3.05, 3.63) is 35.9 Å². The molecule has 1 atom stereocenters. The summed E-state index contributed by atoms with van der Waals surface area (Å²) in [5.74, 6) is -0.0225. The molecule has 1 N–H and O–H groups in total. The van der Waals surface area contributed by atoms with Crippen LogP contribution in [-0.2, 0) is 9.53 Å². The first-order valence-corrected chi connectivity index (χ1v) is 6.94. The third-order valence-electron chi connectivity index (χ3n) is 4.00. The molecule has 0 bridgehead atoms. The molecule has 1 spiro atoms. The van der Waals surface area contributed by atoms with Gasteiger partial charge in [-0.15, -0.1) is 0 Å². The SMILES string of the molecule is CC1OC2(CCN(C(=O)c3ccccc3)CC2)NC1=O. The van der Waals surface area contributed by atoms with Crippen molar-refractivity contribution in [2.24, 2.45) is 0 Å². The number of carbonyl (C=O) groups is 2. The van der Waals surface area contributed by atoms with Gasteiger partial charge in [0, 0.05) is 31.5 Å². The van der Waals surface area contributed by atoms with Crippen LogP contribution in [0.1, 0.15) is 30.1 Å². The van der Waals surface area contributed by atoms with Crippen LogP contribution in [0.4, 0.5) is 0 Å². The summed E-state index contributed by atoms with van der Waals surface area (Å²) >= 11 is 0. The Labute approximate surface area is 117 Å². The number of hydrogen-bond acceptors (Lipinski definition) is 3. The second kappa shape index (κ2) is 4.90. The van der Waals surface area contributed by atoms with Crippen molar-refractivity contribution in [1.29, 1.82) is 0 Å². The number of rotatable bonds is 1. The molecule has 2 aliphatic heterocycles. The highest BCUT2D eigenvalue weighted by Crippen LogP contribution is 2.30. The van der Waals surface area contributed by atoms with E-state index < -0.39 is 11.8 Å². The summed E-state index contributed by atoms with van der Waals surface area (Å²) in [6, 6.07) is 9.26. The standard InChI is InChI=1S/C15H18N2O3/c1-11-13(18)16-15(20-11)7-9-17(10-8-15)14(19)12-5-3-2-4-6-12/h2-6,11H,7-10H2,1H3,(H,16,18). The van der Waals surface area contributed by atoms with Crippen LogP contribution in [-0.4, -0.2) is 41.6 Å². The zero-order valence-electron chi connectivity index (χ0n) is 11.5. The fourth-order valence-corrected chi connectivity index (χ4v) is 2.82. The molecule has 1 aromatic rings. The van der Waals surface area contributed by atoms with Gasteiger partial charge in [0.15, 0.2) is 0 Å². The van der Waals surface area contributed by atoms with Crippen LogP contribution in [0.2, 0.25) is 0 Å². The first kappa shape index (κ1) is 13.1. The summed E-state index contributed by atoms with van der Waals surface area (Å²) in [7, 11) is 0. The minimum atomic E-state index is -0.566. The van der Waals surface area contributed by atoms with Crippen molar-refractivity contribution in [2.75, 3.05) is 13.1 Å². The number of piperidine rings is 1. The third kappa shape index (κ3) is 2.29. The van der Waals surface area contributed by atoms with E-state index in [0.717, 1.165) is 0 Å². The van der Waals surface area contributed by atoms with E-state index in [-0.39, 0.29) is 11.8 Å². The predicted octanol–water partition coefficient (Wildman–Crippen LogP) is 1.15. The third-order valence-corrected chi connectivity index (χ3v) is 4.00. The molecular formula is C15H18N2O3. The van der Waals surface area contributed by atoms with Crippen molar-refractivity contribution in [1.82, 2.24) is 10.2 Å².